The highest BCUT2D eigenvalue weighted by molar-refractivity contribution is 7.10. The molecule has 3 aromatic rings. The van der Waals surface area contributed by atoms with Crippen molar-refractivity contribution in [1.29, 1.82) is 0 Å². The summed E-state index contributed by atoms with van der Waals surface area (Å²) in [4.78, 5) is 31.5. The molecule has 0 spiro atoms. The van der Waals surface area contributed by atoms with Gasteiger partial charge in [0.25, 0.3) is 5.91 Å². The summed E-state index contributed by atoms with van der Waals surface area (Å²) in [6.07, 6.45) is 2.47. The van der Waals surface area contributed by atoms with Crippen LogP contribution in [0.2, 0.25) is 0 Å². The number of fused-ring (bicyclic) bond motifs is 1. The number of nitrogens with zero attached hydrogens (tertiary/aromatic N) is 2. The predicted molar refractivity (Wildman–Crippen MR) is 146 cm³/mol. The second-order valence-electron chi connectivity index (χ2n) is 9.53. The predicted octanol–water partition coefficient (Wildman–Crippen LogP) is 6.01. The number of hydrogen-bond acceptors (Lipinski definition) is 4. The Morgan fingerprint density at radius 2 is 1.86 bits per heavy atom. The minimum absolute atomic E-state index is 0.00220. The summed E-state index contributed by atoms with van der Waals surface area (Å²) in [6.45, 7) is 11.4. The van der Waals surface area contributed by atoms with Crippen LogP contribution in [0.15, 0.2) is 72.6 Å². The highest BCUT2D eigenvalue weighted by atomic mass is 32.1. The quantitative estimate of drug-likeness (QED) is 0.337. The first kappa shape index (κ1) is 25.7. The zero-order valence-electron chi connectivity index (χ0n) is 21.3. The molecule has 6 heteroatoms. The first-order valence-corrected chi connectivity index (χ1v) is 13.3. The largest absolute Gasteiger partial charge is 0.491 e. The zero-order chi connectivity index (χ0) is 25.7. The number of hydrogen-bond donors (Lipinski definition) is 0. The van der Waals surface area contributed by atoms with Gasteiger partial charge in [-0.05, 0) is 66.1 Å². The molecule has 1 aromatic heterocycles. The Morgan fingerprint density at radius 3 is 2.53 bits per heavy atom. The number of carbonyl (C=O) groups is 2. The smallest absolute Gasteiger partial charge is 0.254 e. The van der Waals surface area contributed by atoms with Gasteiger partial charge in [0.15, 0.2) is 0 Å². The normalized spacial score (nSPS) is 14.9. The molecule has 5 nitrogen and oxygen atoms in total. The van der Waals surface area contributed by atoms with Gasteiger partial charge >= 0.3 is 0 Å². The number of aryl methyl sites for hydroxylation is 1. The average Bonchev–Trinajstić information content (AvgIpc) is 3.36. The Kier molecular flexibility index (Phi) is 8.26. The molecule has 4 rings (SSSR count). The van der Waals surface area contributed by atoms with Crippen molar-refractivity contribution >= 4 is 23.2 Å². The standard InChI is InChI=1S/C30H34N2O3S/c1-5-16-31(30(34)24-8-6-22(4)7-9-24)19-29(33)32-17-14-28-26(15-18-36-28)27(32)20-35-25-12-10-23(11-13-25)21(2)3/h5-13,15,18,21,27H,1,14,16-17,19-20H2,2-4H3/t27-/m0/s1. The Labute approximate surface area is 218 Å². The van der Waals surface area contributed by atoms with Crippen molar-refractivity contribution in [2.45, 2.75) is 39.2 Å². The maximum atomic E-state index is 13.6. The lowest BCUT2D eigenvalue weighted by Crippen LogP contribution is -2.47. The van der Waals surface area contributed by atoms with Crippen LogP contribution in [0.5, 0.6) is 5.75 Å². The van der Waals surface area contributed by atoms with E-state index in [2.05, 4.69) is 44.0 Å². The Hall–Kier alpha value is -3.38. The lowest BCUT2D eigenvalue weighted by atomic mass is 10.00. The van der Waals surface area contributed by atoms with Crippen molar-refractivity contribution < 1.29 is 14.3 Å². The van der Waals surface area contributed by atoms with Gasteiger partial charge in [-0.3, -0.25) is 9.59 Å². The van der Waals surface area contributed by atoms with E-state index in [1.165, 1.54) is 10.4 Å². The van der Waals surface area contributed by atoms with Crippen molar-refractivity contribution in [1.82, 2.24) is 9.80 Å². The molecule has 0 saturated carbocycles. The van der Waals surface area contributed by atoms with E-state index in [4.69, 9.17) is 4.74 Å². The van der Waals surface area contributed by atoms with E-state index in [0.29, 0.717) is 31.2 Å². The second kappa shape index (κ2) is 11.6. The molecular weight excluding hydrogens is 468 g/mol. The second-order valence-corrected chi connectivity index (χ2v) is 10.5. The summed E-state index contributed by atoms with van der Waals surface area (Å²) in [5, 5.41) is 2.08. The molecule has 36 heavy (non-hydrogen) atoms. The number of carbonyl (C=O) groups excluding carboxylic acids is 2. The molecule has 2 heterocycles. The third-order valence-electron chi connectivity index (χ3n) is 6.63. The van der Waals surface area contributed by atoms with E-state index in [9.17, 15) is 9.59 Å². The van der Waals surface area contributed by atoms with Crippen LogP contribution in [-0.2, 0) is 11.2 Å². The fraction of sp³-hybridized carbons (Fsp3) is 0.333. The van der Waals surface area contributed by atoms with Crippen LogP contribution in [0.3, 0.4) is 0 Å². The lowest BCUT2D eigenvalue weighted by molar-refractivity contribution is -0.135. The molecule has 0 fully saturated rings. The highest BCUT2D eigenvalue weighted by Gasteiger charge is 2.33. The summed E-state index contributed by atoms with van der Waals surface area (Å²) < 4.78 is 6.18. The number of thiophene rings is 1. The van der Waals surface area contributed by atoms with Gasteiger partial charge in [-0.2, -0.15) is 0 Å². The molecule has 0 N–H and O–H groups in total. The summed E-state index contributed by atoms with van der Waals surface area (Å²) in [5.41, 5.74) is 4.05. The van der Waals surface area contributed by atoms with Crippen molar-refractivity contribution in [3.05, 3.63) is 99.8 Å². The molecule has 1 aliphatic heterocycles. The summed E-state index contributed by atoms with van der Waals surface area (Å²) in [7, 11) is 0. The monoisotopic (exact) mass is 502 g/mol. The van der Waals surface area contributed by atoms with E-state index < -0.39 is 0 Å². The van der Waals surface area contributed by atoms with Crippen LogP contribution < -0.4 is 4.74 Å². The van der Waals surface area contributed by atoms with E-state index in [1.54, 1.807) is 34.4 Å². The van der Waals surface area contributed by atoms with Gasteiger partial charge in [-0.25, -0.2) is 0 Å². The molecule has 188 valence electrons. The molecule has 1 atom stereocenters. The first-order valence-electron chi connectivity index (χ1n) is 12.4. The fourth-order valence-corrected chi connectivity index (χ4v) is 5.43. The van der Waals surface area contributed by atoms with Crippen molar-refractivity contribution in [3.8, 4) is 5.75 Å². The third-order valence-corrected chi connectivity index (χ3v) is 7.63. The Morgan fingerprint density at radius 1 is 1.14 bits per heavy atom. The number of rotatable bonds is 9. The fourth-order valence-electron chi connectivity index (χ4n) is 4.51. The lowest BCUT2D eigenvalue weighted by Gasteiger charge is -2.37. The molecule has 2 aromatic carbocycles. The molecule has 0 saturated heterocycles. The molecule has 0 radical (unpaired) electrons. The third kappa shape index (κ3) is 5.88. The average molecular weight is 503 g/mol. The molecule has 0 unspecified atom stereocenters. The molecule has 0 bridgehead atoms. The van der Waals surface area contributed by atoms with E-state index in [-0.39, 0.29) is 24.4 Å². The number of amides is 2. The Balaban J connectivity index is 1.50. The van der Waals surface area contributed by atoms with Crippen LogP contribution in [0.4, 0.5) is 0 Å². The minimum Gasteiger partial charge on any atom is -0.491 e. The first-order chi connectivity index (χ1) is 17.4. The van der Waals surface area contributed by atoms with E-state index in [1.807, 2.05) is 36.1 Å². The van der Waals surface area contributed by atoms with Crippen molar-refractivity contribution in [2.75, 3.05) is 26.2 Å². The molecule has 2 amide bonds. The maximum Gasteiger partial charge on any atom is 0.254 e. The number of benzene rings is 2. The Bertz CT molecular complexity index is 1200. The van der Waals surface area contributed by atoms with Crippen LogP contribution >= 0.6 is 11.3 Å². The van der Waals surface area contributed by atoms with Gasteiger partial charge in [-0.15, -0.1) is 17.9 Å². The van der Waals surface area contributed by atoms with Gasteiger partial charge in [0.05, 0.1) is 6.04 Å². The maximum absolute atomic E-state index is 13.6. The van der Waals surface area contributed by atoms with Crippen molar-refractivity contribution in [3.63, 3.8) is 0 Å². The van der Waals surface area contributed by atoms with Crippen molar-refractivity contribution in [2.24, 2.45) is 0 Å². The van der Waals surface area contributed by atoms with Gasteiger partial charge in [-0.1, -0.05) is 49.8 Å². The molecule has 0 aliphatic carbocycles. The molecule has 1 aliphatic rings. The highest BCUT2D eigenvalue weighted by Crippen LogP contribution is 2.34. The number of ether oxygens (including phenoxy) is 1. The summed E-state index contributed by atoms with van der Waals surface area (Å²) in [5.74, 6) is 0.990. The molecular formula is C30H34N2O3S. The summed E-state index contributed by atoms with van der Waals surface area (Å²) >= 11 is 1.72. The van der Waals surface area contributed by atoms with Gasteiger partial charge in [0, 0.05) is 23.5 Å². The van der Waals surface area contributed by atoms with E-state index >= 15 is 0 Å². The van der Waals surface area contributed by atoms with E-state index in [0.717, 1.165) is 23.3 Å². The SMILES string of the molecule is C=CCN(CC(=O)N1CCc2sccc2[C@@H]1COc1ccc(C(C)C)cc1)C(=O)c1ccc(C)cc1. The van der Waals surface area contributed by atoms with Gasteiger partial charge in [0.2, 0.25) is 5.91 Å². The van der Waals surface area contributed by atoms with Crippen LogP contribution in [0.25, 0.3) is 0 Å². The zero-order valence-corrected chi connectivity index (χ0v) is 22.1. The van der Waals surface area contributed by atoms with Crippen LogP contribution in [0.1, 0.15) is 57.7 Å². The summed E-state index contributed by atoms with van der Waals surface area (Å²) in [6, 6.07) is 17.5. The van der Waals surface area contributed by atoms with Gasteiger partial charge < -0.3 is 14.5 Å². The van der Waals surface area contributed by atoms with Crippen LogP contribution in [0, 0.1) is 6.92 Å². The minimum atomic E-state index is -0.197. The van der Waals surface area contributed by atoms with Gasteiger partial charge in [0.1, 0.15) is 18.9 Å². The van der Waals surface area contributed by atoms with Crippen LogP contribution in [-0.4, -0.2) is 47.9 Å². The topological polar surface area (TPSA) is 49.9 Å².